The molecule has 2 atom stereocenters. The maximum absolute atomic E-state index is 13.8. The van der Waals surface area contributed by atoms with Crippen molar-refractivity contribution in [2.24, 2.45) is 5.73 Å². The molecule has 0 aliphatic carbocycles. The van der Waals surface area contributed by atoms with Crippen LogP contribution in [-0.4, -0.2) is 56.2 Å². The molecule has 1 amide bonds. The molecule has 1 saturated heterocycles. The lowest BCUT2D eigenvalue weighted by Crippen LogP contribution is -2.42. The molecule has 148 valence electrons. The summed E-state index contributed by atoms with van der Waals surface area (Å²) in [5.41, 5.74) is 5.46. The van der Waals surface area contributed by atoms with Crippen LogP contribution in [0.4, 0.5) is 4.39 Å². The van der Waals surface area contributed by atoms with Crippen molar-refractivity contribution in [3.05, 3.63) is 59.5 Å². The van der Waals surface area contributed by atoms with Crippen LogP contribution in [0.1, 0.15) is 22.5 Å². The van der Waals surface area contributed by atoms with E-state index in [4.69, 9.17) is 5.73 Å². The fourth-order valence-electron chi connectivity index (χ4n) is 3.45. The van der Waals surface area contributed by atoms with Crippen LogP contribution in [0.2, 0.25) is 0 Å². The highest BCUT2D eigenvalue weighted by Crippen LogP contribution is 2.26. The molecule has 2 aromatic carbocycles. The normalized spacial score (nSPS) is 21.9. The minimum absolute atomic E-state index is 0.0444. The Morgan fingerprint density at radius 3 is 2.83 bits per heavy atom. The van der Waals surface area contributed by atoms with Crippen LogP contribution in [0.15, 0.2) is 42.5 Å². The molecule has 29 heavy (non-hydrogen) atoms. The van der Waals surface area contributed by atoms with Crippen molar-refractivity contribution in [2.45, 2.75) is 18.2 Å². The molecule has 4 rings (SSSR count). The second-order valence-electron chi connectivity index (χ2n) is 7.11. The summed E-state index contributed by atoms with van der Waals surface area (Å²) in [6.07, 6.45) is -0.725. The summed E-state index contributed by atoms with van der Waals surface area (Å²) < 4.78 is 15.2. The Labute approximate surface area is 166 Å². The number of likely N-dealkylation sites (N-methyl/N-ethyl adjacent to an activating group) is 1. The first-order valence-electron chi connectivity index (χ1n) is 9.01. The maximum Gasteiger partial charge on any atom is 0.269 e. The Morgan fingerprint density at radius 1 is 1.34 bits per heavy atom. The molecule has 7 nitrogen and oxygen atoms in total. The van der Waals surface area contributed by atoms with Crippen LogP contribution in [0.25, 0.3) is 16.6 Å². The Kier molecular flexibility index (Phi) is 4.59. The van der Waals surface area contributed by atoms with Crippen LogP contribution < -0.4 is 5.73 Å². The fraction of sp³-hybridized carbons (Fsp3) is 0.238. The van der Waals surface area contributed by atoms with E-state index in [1.54, 1.807) is 36.2 Å². The topological polar surface area (TPSA) is 105 Å². The maximum atomic E-state index is 13.8. The minimum atomic E-state index is -1.51. The van der Waals surface area contributed by atoms with Crippen molar-refractivity contribution in [3.8, 4) is 17.5 Å². The largest absolute Gasteiger partial charge is 0.374 e. The molecule has 4 N–H and O–H groups in total. The summed E-state index contributed by atoms with van der Waals surface area (Å²) in [5, 5.41) is 25.3. The van der Waals surface area contributed by atoms with E-state index in [1.165, 1.54) is 22.9 Å². The lowest BCUT2D eigenvalue weighted by Gasteiger charge is -2.22. The van der Waals surface area contributed by atoms with Crippen molar-refractivity contribution in [1.82, 2.24) is 14.7 Å². The first-order chi connectivity index (χ1) is 13.8. The first kappa shape index (κ1) is 19.1. The highest BCUT2D eigenvalue weighted by atomic mass is 19.1. The number of carbonyl (C=O) groups is 1. The van der Waals surface area contributed by atoms with Crippen LogP contribution >= 0.6 is 0 Å². The number of amides is 1. The highest BCUT2D eigenvalue weighted by molar-refractivity contribution is 6.04. The molecule has 0 radical (unpaired) electrons. The standard InChI is InChI=1S/C21H19FN4O3/c1-25-10-9-21(29,20(25)28)8-7-13-3-2-4-15(11-13)26-17-12-14(22)5-6-16(17)18(24-26)19(23)27/h2-6,11-12,20,28-29H,9-10H2,1H3,(H2,23,27)/t20?,21-/m0/s1. The number of likely N-dealkylation sites (tertiary alicyclic amines) is 1. The number of fused-ring (bicyclic) bond motifs is 1. The molecular formula is C21H19FN4O3. The Hall–Kier alpha value is -3.25. The molecular weight excluding hydrogens is 375 g/mol. The van der Waals surface area contributed by atoms with Gasteiger partial charge in [-0.05, 0) is 37.4 Å². The van der Waals surface area contributed by atoms with Gasteiger partial charge in [0.05, 0.1) is 11.2 Å². The molecule has 8 heteroatoms. The summed E-state index contributed by atoms with van der Waals surface area (Å²) in [6.45, 7) is 0.535. The third-order valence-corrected chi connectivity index (χ3v) is 5.08. The van der Waals surface area contributed by atoms with Crippen molar-refractivity contribution >= 4 is 16.8 Å². The van der Waals surface area contributed by atoms with Gasteiger partial charge in [-0.2, -0.15) is 5.10 Å². The Balaban J connectivity index is 1.77. The van der Waals surface area contributed by atoms with Crippen LogP contribution in [-0.2, 0) is 0 Å². The summed E-state index contributed by atoms with van der Waals surface area (Å²) >= 11 is 0. The van der Waals surface area contributed by atoms with Gasteiger partial charge in [0.25, 0.3) is 5.91 Å². The van der Waals surface area contributed by atoms with Crippen LogP contribution in [0.5, 0.6) is 0 Å². The molecule has 3 aromatic rings. The molecule has 1 aliphatic heterocycles. The predicted octanol–water partition coefficient (Wildman–Crippen LogP) is 1.000. The van der Waals surface area contributed by atoms with Crippen LogP contribution in [0.3, 0.4) is 0 Å². The molecule has 1 fully saturated rings. The van der Waals surface area contributed by atoms with E-state index in [0.29, 0.717) is 35.1 Å². The quantitative estimate of drug-likeness (QED) is 0.563. The SMILES string of the molecule is CN1CC[C@@](O)(C#Cc2cccc(-n3nc(C(N)=O)c4ccc(F)cc43)c2)C1O. The number of nitrogens with two attached hydrogens (primary N) is 1. The average molecular weight is 394 g/mol. The van der Waals surface area contributed by atoms with Crippen molar-refractivity contribution in [2.75, 3.05) is 13.6 Å². The molecule has 0 spiro atoms. The zero-order valence-corrected chi connectivity index (χ0v) is 15.6. The lowest BCUT2D eigenvalue weighted by molar-refractivity contribution is -0.0633. The Morgan fingerprint density at radius 2 is 2.14 bits per heavy atom. The molecule has 1 aromatic heterocycles. The number of aromatic nitrogens is 2. The zero-order valence-electron chi connectivity index (χ0n) is 15.6. The zero-order chi connectivity index (χ0) is 20.8. The Bertz CT molecular complexity index is 1180. The third-order valence-electron chi connectivity index (χ3n) is 5.08. The molecule has 0 saturated carbocycles. The number of nitrogens with zero attached hydrogens (tertiary/aromatic N) is 3. The summed E-state index contributed by atoms with van der Waals surface area (Å²) in [4.78, 5) is 13.4. The predicted molar refractivity (Wildman–Crippen MR) is 105 cm³/mol. The highest BCUT2D eigenvalue weighted by Gasteiger charge is 2.42. The van der Waals surface area contributed by atoms with E-state index in [9.17, 15) is 19.4 Å². The average Bonchev–Trinajstić information content (AvgIpc) is 3.20. The fourth-order valence-corrected chi connectivity index (χ4v) is 3.45. The second kappa shape index (κ2) is 6.97. The number of aliphatic hydroxyl groups excluding tert-OH is 1. The van der Waals surface area contributed by atoms with Gasteiger partial charge in [-0.15, -0.1) is 0 Å². The van der Waals surface area contributed by atoms with Crippen molar-refractivity contribution in [1.29, 1.82) is 0 Å². The van der Waals surface area contributed by atoms with E-state index < -0.39 is 23.6 Å². The molecule has 0 bridgehead atoms. The van der Waals surface area contributed by atoms with Crippen LogP contribution in [0, 0.1) is 17.7 Å². The van der Waals surface area contributed by atoms with Crippen molar-refractivity contribution in [3.63, 3.8) is 0 Å². The van der Waals surface area contributed by atoms with Gasteiger partial charge in [0.15, 0.2) is 11.3 Å². The number of hydrogen-bond acceptors (Lipinski definition) is 5. The second-order valence-corrected chi connectivity index (χ2v) is 7.11. The van der Waals surface area contributed by atoms with E-state index in [-0.39, 0.29) is 5.69 Å². The number of rotatable bonds is 2. The number of primary amides is 1. The number of halogens is 1. The van der Waals surface area contributed by atoms with Crippen molar-refractivity contribution < 1.29 is 19.4 Å². The van der Waals surface area contributed by atoms with Gasteiger partial charge < -0.3 is 15.9 Å². The summed E-state index contributed by atoms with van der Waals surface area (Å²) in [6, 6.07) is 10.9. The van der Waals surface area contributed by atoms with Gasteiger partial charge in [-0.3, -0.25) is 9.69 Å². The summed E-state index contributed by atoms with van der Waals surface area (Å²) in [5.74, 6) is 4.46. The van der Waals surface area contributed by atoms with E-state index in [2.05, 4.69) is 16.9 Å². The number of aliphatic hydroxyl groups is 2. The first-order valence-corrected chi connectivity index (χ1v) is 9.01. The molecule has 1 unspecified atom stereocenters. The van der Waals surface area contributed by atoms with E-state index >= 15 is 0 Å². The van der Waals surface area contributed by atoms with Gasteiger partial charge in [0.1, 0.15) is 12.0 Å². The molecule has 2 heterocycles. The summed E-state index contributed by atoms with van der Waals surface area (Å²) in [7, 11) is 1.71. The van der Waals surface area contributed by atoms with Gasteiger partial charge in [0, 0.05) is 30.0 Å². The lowest BCUT2D eigenvalue weighted by atomic mass is 10.0. The number of hydrogen-bond donors (Lipinski definition) is 3. The van der Waals surface area contributed by atoms with Gasteiger partial charge >= 0.3 is 0 Å². The number of carbonyl (C=O) groups excluding carboxylic acids is 1. The van der Waals surface area contributed by atoms with E-state index in [0.717, 1.165) is 0 Å². The smallest absolute Gasteiger partial charge is 0.269 e. The van der Waals surface area contributed by atoms with Gasteiger partial charge in [0.2, 0.25) is 0 Å². The third kappa shape index (κ3) is 3.36. The van der Waals surface area contributed by atoms with Gasteiger partial charge in [-0.1, -0.05) is 17.9 Å². The number of benzene rings is 2. The molecule has 1 aliphatic rings. The van der Waals surface area contributed by atoms with E-state index in [1.807, 2.05) is 0 Å². The van der Waals surface area contributed by atoms with Gasteiger partial charge in [-0.25, -0.2) is 9.07 Å². The minimum Gasteiger partial charge on any atom is -0.374 e. The monoisotopic (exact) mass is 394 g/mol.